The van der Waals surface area contributed by atoms with Crippen LogP contribution in [0.15, 0.2) is 24.3 Å². The van der Waals surface area contributed by atoms with E-state index in [1.807, 2.05) is 18.2 Å². The Kier molecular flexibility index (Phi) is 4.56. The summed E-state index contributed by atoms with van der Waals surface area (Å²) >= 11 is 0. The Morgan fingerprint density at radius 2 is 2.32 bits per heavy atom. The maximum absolute atomic E-state index is 11.1. The van der Waals surface area contributed by atoms with Gasteiger partial charge in [0.1, 0.15) is 0 Å². The van der Waals surface area contributed by atoms with E-state index in [0.29, 0.717) is 17.6 Å². The van der Waals surface area contributed by atoms with Gasteiger partial charge in [-0.1, -0.05) is 12.1 Å². The normalized spacial score (nSPS) is 24.3. The van der Waals surface area contributed by atoms with Gasteiger partial charge in [0, 0.05) is 24.2 Å². The average molecular weight is 261 g/mol. The molecule has 1 fully saturated rings. The highest BCUT2D eigenvalue weighted by Gasteiger charge is 2.22. The second-order valence-corrected chi connectivity index (χ2v) is 5.50. The third-order valence-corrected chi connectivity index (χ3v) is 4.01. The van der Waals surface area contributed by atoms with Crippen molar-refractivity contribution in [1.82, 2.24) is 10.2 Å². The predicted octanol–water partition coefficient (Wildman–Crippen LogP) is 1.36. The highest BCUT2D eigenvalue weighted by molar-refractivity contribution is 5.92. The second-order valence-electron chi connectivity index (χ2n) is 5.50. The molecule has 1 saturated heterocycles. The van der Waals surface area contributed by atoms with Gasteiger partial charge in [0.2, 0.25) is 5.91 Å². The fourth-order valence-corrected chi connectivity index (χ4v) is 2.57. The van der Waals surface area contributed by atoms with Crippen LogP contribution < -0.4 is 11.1 Å². The molecule has 4 nitrogen and oxygen atoms in total. The molecule has 2 unspecified atom stereocenters. The third kappa shape index (κ3) is 3.78. The van der Waals surface area contributed by atoms with Gasteiger partial charge in [-0.2, -0.15) is 0 Å². The van der Waals surface area contributed by atoms with Crippen LogP contribution in [0.2, 0.25) is 0 Å². The van der Waals surface area contributed by atoms with E-state index >= 15 is 0 Å². The standard InChI is InChI=1S/C15H23N3O/c1-11-8-14(6-7-18(11)2)17-10-12-4-3-5-13(9-12)15(16)19/h3-5,9,11,14,17H,6-8,10H2,1-2H3,(H2,16,19). The van der Waals surface area contributed by atoms with E-state index in [1.54, 1.807) is 6.07 Å². The molecule has 4 heteroatoms. The summed E-state index contributed by atoms with van der Waals surface area (Å²) < 4.78 is 0. The number of primary amides is 1. The Labute approximate surface area is 115 Å². The molecule has 1 aromatic rings. The van der Waals surface area contributed by atoms with Crippen molar-refractivity contribution in [3.05, 3.63) is 35.4 Å². The summed E-state index contributed by atoms with van der Waals surface area (Å²) in [4.78, 5) is 13.5. The zero-order chi connectivity index (χ0) is 13.8. The Hall–Kier alpha value is -1.39. The van der Waals surface area contributed by atoms with Crippen LogP contribution in [0.25, 0.3) is 0 Å². The lowest BCUT2D eigenvalue weighted by atomic mass is 9.98. The molecule has 1 aliphatic heterocycles. The molecule has 1 heterocycles. The fraction of sp³-hybridized carbons (Fsp3) is 0.533. The lowest BCUT2D eigenvalue weighted by Gasteiger charge is -2.35. The van der Waals surface area contributed by atoms with Gasteiger partial charge in [0.15, 0.2) is 0 Å². The minimum absolute atomic E-state index is 0.366. The molecule has 0 saturated carbocycles. The van der Waals surface area contributed by atoms with E-state index in [9.17, 15) is 4.79 Å². The van der Waals surface area contributed by atoms with Crippen LogP contribution in [0.3, 0.4) is 0 Å². The van der Waals surface area contributed by atoms with Crippen molar-refractivity contribution >= 4 is 5.91 Å². The number of hydrogen-bond acceptors (Lipinski definition) is 3. The maximum atomic E-state index is 11.1. The first-order chi connectivity index (χ1) is 9.06. The minimum atomic E-state index is -0.366. The van der Waals surface area contributed by atoms with E-state index in [-0.39, 0.29) is 5.91 Å². The van der Waals surface area contributed by atoms with E-state index in [2.05, 4.69) is 24.2 Å². The third-order valence-electron chi connectivity index (χ3n) is 4.01. The molecule has 1 aliphatic rings. The molecule has 1 aromatic carbocycles. The van der Waals surface area contributed by atoms with Gasteiger partial charge in [-0.05, 0) is 51.1 Å². The number of nitrogens with two attached hydrogens (primary N) is 1. The smallest absolute Gasteiger partial charge is 0.248 e. The van der Waals surface area contributed by atoms with E-state index in [4.69, 9.17) is 5.73 Å². The van der Waals surface area contributed by atoms with Crippen molar-refractivity contribution in [1.29, 1.82) is 0 Å². The average Bonchev–Trinajstić information content (AvgIpc) is 2.40. The van der Waals surface area contributed by atoms with Crippen molar-refractivity contribution in [3.8, 4) is 0 Å². The molecule has 0 aromatic heterocycles. The lowest BCUT2D eigenvalue weighted by Crippen LogP contribution is -2.45. The quantitative estimate of drug-likeness (QED) is 0.860. The number of piperidine rings is 1. The van der Waals surface area contributed by atoms with Crippen LogP contribution in [0, 0.1) is 0 Å². The molecule has 2 atom stereocenters. The van der Waals surface area contributed by atoms with Gasteiger partial charge in [-0.15, -0.1) is 0 Å². The van der Waals surface area contributed by atoms with Gasteiger partial charge in [-0.3, -0.25) is 4.79 Å². The van der Waals surface area contributed by atoms with Crippen LogP contribution in [-0.2, 0) is 6.54 Å². The van der Waals surface area contributed by atoms with Crippen molar-refractivity contribution in [3.63, 3.8) is 0 Å². The number of nitrogens with one attached hydrogen (secondary N) is 1. The highest BCUT2D eigenvalue weighted by Crippen LogP contribution is 2.16. The molecule has 19 heavy (non-hydrogen) atoms. The molecule has 0 bridgehead atoms. The number of carbonyl (C=O) groups is 1. The van der Waals surface area contributed by atoms with Gasteiger partial charge >= 0.3 is 0 Å². The van der Waals surface area contributed by atoms with Crippen molar-refractivity contribution in [2.75, 3.05) is 13.6 Å². The molecule has 0 radical (unpaired) electrons. The largest absolute Gasteiger partial charge is 0.366 e. The summed E-state index contributed by atoms with van der Waals surface area (Å²) in [5, 5.41) is 3.58. The lowest BCUT2D eigenvalue weighted by molar-refractivity contribution is 0.1000. The summed E-state index contributed by atoms with van der Waals surface area (Å²) in [5.74, 6) is -0.366. The molecular formula is C15H23N3O. The van der Waals surface area contributed by atoms with Gasteiger partial charge in [-0.25, -0.2) is 0 Å². The number of amides is 1. The van der Waals surface area contributed by atoms with E-state index in [1.165, 1.54) is 12.8 Å². The monoisotopic (exact) mass is 261 g/mol. The van der Waals surface area contributed by atoms with E-state index in [0.717, 1.165) is 18.7 Å². The molecule has 0 spiro atoms. The van der Waals surface area contributed by atoms with Gasteiger partial charge < -0.3 is 16.0 Å². The summed E-state index contributed by atoms with van der Waals surface area (Å²) in [6.45, 7) is 4.20. The van der Waals surface area contributed by atoms with Crippen molar-refractivity contribution in [2.24, 2.45) is 5.73 Å². The van der Waals surface area contributed by atoms with Crippen molar-refractivity contribution < 1.29 is 4.79 Å². The molecular weight excluding hydrogens is 238 g/mol. The van der Waals surface area contributed by atoms with Gasteiger partial charge in [0.25, 0.3) is 0 Å². The zero-order valence-corrected chi connectivity index (χ0v) is 11.7. The first-order valence-electron chi connectivity index (χ1n) is 6.88. The number of nitrogens with zero attached hydrogens (tertiary/aromatic N) is 1. The zero-order valence-electron chi connectivity index (χ0n) is 11.7. The molecule has 104 valence electrons. The highest BCUT2D eigenvalue weighted by atomic mass is 16.1. The molecule has 3 N–H and O–H groups in total. The molecule has 2 rings (SSSR count). The second kappa shape index (κ2) is 6.17. The SMILES string of the molecule is CC1CC(NCc2cccc(C(N)=O)c2)CCN1C. The summed E-state index contributed by atoms with van der Waals surface area (Å²) in [7, 11) is 2.18. The van der Waals surface area contributed by atoms with Crippen LogP contribution in [0.1, 0.15) is 35.7 Å². The number of carbonyl (C=O) groups excluding carboxylic acids is 1. The van der Waals surface area contributed by atoms with Crippen LogP contribution in [0.5, 0.6) is 0 Å². The van der Waals surface area contributed by atoms with E-state index < -0.39 is 0 Å². The van der Waals surface area contributed by atoms with Crippen LogP contribution in [0.4, 0.5) is 0 Å². The van der Waals surface area contributed by atoms with Crippen LogP contribution >= 0.6 is 0 Å². The predicted molar refractivity (Wildman–Crippen MR) is 76.9 cm³/mol. The Morgan fingerprint density at radius 1 is 1.53 bits per heavy atom. The minimum Gasteiger partial charge on any atom is -0.366 e. The number of benzene rings is 1. The summed E-state index contributed by atoms with van der Waals surface area (Å²) in [5.41, 5.74) is 6.98. The maximum Gasteiger partial charge on any atom is 0.248 e. The topological polar surface area (TPSA) is 58.4 Å². The molecule has 0 aliphatic carbocycles. The Bertz CT molecular complexity index is 447. The van der Waals surface area contributed by atoms with Gasteiger partial charge in [0.05, 0.1) is 0 Å². The van der Waals surface area contributed by atoms with Crippen LogP contribution in [-0.4, -0.2) is 36.5 Å². The molecule has 1 amide bonds. The van der Waals surface area contributed by atoms with Crippen molar-refractivity contribution in [2.45, 2.75) is 38.4 Å². The first kappa shape index (κ1) is 14.0. The first-order valence-corrected chi connectivity index (χ1v) is 6.88. The number of hydrogen-bond donors (Lipinski definition) is 2. The number of likely N-dealkylation sites (tertiary alicyclic amines) is 1. The number of rotatable bonds is 4. The summed E-state index contributed by atoms with van der Waals surface area (Å²) in [6, 6.07) is 8.72. The Balaban J connectivity index is 1.88. The summed E-state index contributed by atoms with van der Waals surface area (Å²) in [6.07, 6.45) is 2.35. The Morgan fingerprint density at radius 3 is 3.00 bits per heavy atom. The fourth-order valence-electron chi connectivity index (χ4n) is 2.57.